The summed E-state index contributed by atoms with van der Waals surface area (Å²) >= 11 is 0. The Morgan fingerprint density at radius 1 is 0.891 bits per heavy atom. The van der Waals surface area contributed by atoms with Gasteiger partial charge in [-0.05, 0) is 73.6 Å². The van der Waals surface area contributed by atoms with Crippen LogP contribution in [0.25, 0.3) is 10.9 Å². The molecule has 6 N–H and O–H groups in total. The third-order valence-electron chi connectivity index (χ3n) is 9.66. The maximum absolute atomic E-state index is 13.3. The molecule has 1 unspecified atom stereocenters. The number of nitrogens with one attached hydrogen (secondary N) is 2. The number of likely N-dealkylation sites (tertiary alicyclic amines) is 1. The van der Waals surface area contributed by atoms with E-state index in [9.17, 15) is 19.8 Å². The van der Waals surface area contributed by atoms with Crippen LogP contribution in [0.2, 0.25) is 0 Å². The number of primary amides is 1. The van der Waals surface area contributed by atoms with Crippen LogP contribution in [-0.2, 0) is 10.2 Å². The standard InChI is InChI=1S/C38H48N4O4/c39-37(46)38(28-14-8-6-9-15-28,29-16-10-7-11-17-29)30-22-25-42(27-30)24-13-5-3-1-2-4-12-23-40-26-34(44)31-18-20-33(43)36-32(31)19-21-35(45)41-36/h6-11,14-21,30,34,40,43-44H,1-5,12-13,22-27H2,(H2,39,46)(H,41,45)/t30?,34-/m1/s1. The maximum atomic E-state index is 13.3. The molecule has 0 bridgehead atoms. The average Bonchev–Trinajstić information content (AvgIpc) is 3.54. The fraction of sp³-hybridized carbons (Fsp3) is 0.421. The Kier molecular flexibility index (Phi) is 11.6. The van der Waals surface area contributed by atoms with E-state index in [1.54, 1.807) is 12.1 Å². The molecule has 1 amide bonds. The van der Waals surface area contributed by atoms with Gasteiger partial charge in [-0.1, -0.05) is 98.8 Å². The lowest BCUT2D eigenvalue weighted by atomic mass is 9.64. The van der Waals surface area contributed by atoms with E-state index in [1.807, 2.05) is 60.7 Å². The van der Waals surface area contributed by atoms with E-state index in [4.69, 9.17) is 5.73 Å². The van der Waals surface area contributed by atoms with E-state index in [0.717, 1.165) is 63.0 Å². The summed E-state index contributed by atoms with van der Waals surface area (Å²) in [5.74, 6) is -0.140. The number of H-pyrrole nitrogens is 1. The number of aliphatic hydroxyl groups is 1. The van der Waals surface area contributed by atoms with E-state index in [1.165, 1.54) is 37.8 Å². The highest BCUT2D eigenvalue weighted by atomic mass is 16.3. The quantitative estimate of drug-likeness (QED) is 0.100. The number of aromatic nitrogens is 1. The summed E-state index contributed by atoms with van der Waals surface area (Å²) in [6.45, 7) is 4.15. The molecular formula is C38H48N4O4. The third kappa shape index (κ3) is 7.69. The number of aliphatic hydroxyl groups excluding tert-OH is 1. The number of aromatic amines is 1. The van der Waals surface area contributed by atoms with E-state index in [2.05, 4.69) is 15.2 Å². The minimum absolute atomic E-state index is 0.00442. The Morgan fingerprint density at radius 2 is 1.52 bits per heavy atom. The summed E-state index contributed by atoms with van der Waals surface area (Å²) in [4.78, 5) is 30.1. The number of carbonyl (C=O) groups is 1. The number of nitrogens with zero attached hydrogens (tertiary/aromatic N) is 1. The lowest BCUT2D eigenvalue weighted by Crippen LogP contribution is -2.49. The molecule has 2 atom stereocenters. The molecule has 0 spiro atoms. The predicted molar refractivity (Wildman–Crippen MR) is 184 cm³/mol. The minimum atomic E-state index is -0.828. The van der Waals surface area contributed by atoms with Crippen molar-refractivity contribution >= 4 is 16.8 Å². The minimum Gasteiger partial charge on any atom is -0.506 e. The molecule has 5 rings (SSSR count). The van der Waals surface area contributed by atoms with Crippen molar-refractivity contribution < 1.29 is 15.0 Å². The van der Waals surface area contributed by atoms with Gasteiger partial charge in [-0.15, -0.1) is 0 Å². The molecule has 244 valence electrons. The van der Waals surface area contributed by atoms with Gasteiger partial charge in [0.25, 0.3) is 0 Å². The van der Waals surface area contributed by atoms with Crippen molar-refractivity contribution in [1.29, 1.82) is 0 Å². The third-order valence-corrected chi connectivity index (χ3v) is 9.66. The van der Waals surface area contributed by atoms with Crippen LogP contribution in [0, 0.1) is 5.92 Å². The van der Waals surface area contributed by atoms with Gasteiger partial charge in [0.05, 0.1) is 11.6 Å². The van der Waals surface area contributed by atoms with Crippen LogP contribution in [-0.4, -0.2) is 58.7 Å². The Hall–Kier alpha value is -3.98. The highest BCUT2D eigenvalue weighted by Crippen LogP contribution is 2.43. The zero-order valence-electron chi connectivity index (χ0n) is 26.7. The Morgan fingerprint density at radius 3 is 2.17 bits per heavy atom. The molecule has 1 aliphatic heterocycles. The van der Waals surface area contributed by atoms with Gasteiger partial charge in [-0.3, -0.25) is 9.59 Å². The van der Waals surface area contributed by atoms with Gasteiger partial charge in [0.1, 0.15) is 11.2 Å². The highest BCUT2D eigenvalue weighted by molar-refractivity contribution is 5.91. The Balaban J connectivity index is 0.981. The number of hydrogen-bond acceptors (Lipinski definition) is 6. The molecule has 1 aromatic heterocycles. The normalized spacial score (nSPS) is 16.2. The number of aromatic hydroxyl groups is 1. The largest absolute Gasteiger partial charge is 0.506 e. The first kappa shape index (κ1) is 33.4. The van der Waals surface area contributed by atoms with Gasteiger partial charge in [-0.2, -0.15) is 0 Å². The number of hydrogen-bond donors (Lipinski definition) is 5. The fourth-order valence-electron chi connectivity index (χ4n) is 7.28. The number of benzene rings is 3. The number of carbonyl (C=O) groups excluding carboxylic acids is 1. The van der Waals surface area contributed by atoms with Crippen molar-refractivity contribution in [2.75, 3.05) is 32.7 Å². The first-order valence-electron chi connectivity index (χ1n) is 16.8. The number of nitrogens with two attached hydrogens (primary N) is 1. The molecule has 0 saturated carbocycles. The first-order chi connectivity index (χ1) is 22.4. The molecule has 1 aliphatic rings. The molecule has 2 heterocycles. The summed E-state index contributed by atoms with van der Waals surface area (Å²) in [5.41, 5.74) is 8.12. The van der Waals surface area contributed by atoms with Gasteiger partial charge in [0.2, 0.25) is 11.5 Å². The van der Waals surface area contributed by atoms with Gasteiger partial charge in [0.15, 0.2) is 0 Å². The van der Waals surface area contributed by atoms with Crippen LogP contribution in [0.1, 0.15) is 74.2 Å². The Bertz CT molecular complexity index is 1570. The molecule has 8 nitrogen and oxygen atoms in total. The molecule has 0 aliphatic carbocycles. The summed E-state index contributed by atoms with van der Waals surface area (Å²) in [6.07, 6.45) is 8.41. The second-order valence-electron chi connectivity index (χ2n) is 12.7. The molecule has 1 saturated heterocycles. The predicted octanol–water partition coefficient (Wildman–Crippen LogP) is 5.38. The number of amides is 1. The van der Waals surface area contributed by atoms with E-state index >= 15 is 0 Å². The van der Waals surface area contributed by atoms with Crippen molar-refractivity contribution in [2.45, 2.75) is 62.9 Å². The second-order valence-corrected chi connectivity index (χ2v) is 12.7. The molecule has 3 aromatic carbocycles. The van der Waals surface area contributed by atoms with Crippen LogP contribution < -0.4 is 16.6 Å². The zero-order valence-corrected chi connectivity index (χ0v) is 26.7. The SMILES string of the molecule is NC(=O)C(c1ccccc1)(c1ccccc1)C1CCN(CCCCCCCCCNC[C@@H](O)c2ccc(O)c3[nH]c(=O)ccc23)C1. The van der Waals surface area contributed by atoms with Crippen LogP contribution in [0.3, 0.4) is 0 Å². The van der Waals surface area contributed by atoms with E-state index in [-0.39, 0.29) is 23.1 Å². The smallest absolute Gasteiger partial charge is 0.248 e. The number of unbranched alkanes of at least 4 members (excludes halogenated alkanes) is 6. The number of pyridine rings is 1. The number of rotatable bonds is 17. The monoisotopic (exact) mass is 624 g/mol. The molecule has 46 heavy (non-hydrogen) atoms. The Labute approximate surface area is 271 Å². The van der Waals surface area contributed by atoms with Crippen molar-refractivity contribution in [3.8, 4) is 5.75 Å². The first-order valence-corrected chi connectivity index (χ1v) is 16.8. The maximum Gasteiger partial charge on any atom is 0.248 e. The second kappa shape index (κ2) is 16.0. The van der Waals surface area contributed by atoms with Crippen LogP contribution in [0.5, 0.6) is 5.75 Å². The van der Waals surface area contributed by atoms with Gasteiger partial charge >= 0.3 is 0 Å². The van der Waals surface area contributed by atoms with Crippen LogP contribution >= 0.6 is 0 Å². The highest BCUT2D eigenvalue weighted by Gasteiger charge is 2.49. The number of phenols is 1. The number of fused-ring (bicyclic) bond motifs is 1. The van der Waals surface area contributed by atoms with Crippen LogP contribution in [0.4, 0.5) is 0 Å². The number of phenolic OH excluding ortho intramolecular Hbond substituents is 1. The molecular weight excluding hydrogens is 576 g/mol. The molecule has 8 heteroatoms. The summed E-state index contributed by atoms with van der Waals surface area (Å²) in [5, 5.41) is 24.7. The van der Waals surface area contributed by atoms with E-state index < -0.39 is 11.5 Å². The van der Waals surface area contributed by atoms with Gasteiger partial charge in [-0.25, -0.2) is 0 Å². The van der Waals surface area contributed by atoms with Crippen molar-refractivity contribution in [1.82, 2.24) is 15.2 Å². The molecule has 1 fully saturated rings. The van der Waals surface area contributed by atoms with Crippen molar-refractivity contribution in [2.24, 2.45) is 11.7 Å². The van der Waals surface area contributed by atoms with E-state index in [0.29, 0.717) is 23.0 Å². The topological polar surface area (TPSA) is 132 Å². The fourth-order valence-corrected chi connectivity index (χ4v) is 7.28. The van der Waals surface area contributed by atoms with Gasteiger partial charge < -0.3 is 31.1 Å². The summed E-state index contributed by atoms with van der Waals surface area (Å²) in [6, 6.07) is 26.4. The van der Waals surface area contributed by atoms with Crippen molar-refractivity contribution in [3.05, 3.63) is 112 Å². The average molecular weight is 625 g/mol. The molecule has 4 aromatic rings. The lowest BCUT2D eigenvalue weighted by molar-refractivity contribution is -0.123. The summed E-state index contributed by atoms with van der Waals surface area (Å²) in [7, 11) is 0. The van der Waals surface area contributed by atoms with Crippen LogP contribution in [0.15, 0.2) is 89.7 Å². The molecule has 0 radical (unpaired) electrons. The van der Waals surface area contributed by atoms with Crippen molar-refractivity contribution in [3.63, 3.8) is 0 Å². The van der Waals surface area contributed by atoms with Gasteiger partial charge in [0, 0.05) is 24.5 Å². The summed E-state index contributed by atoms with van der Waals surface area (Å²) < 4.78 is 0. The lowest BCUT2D eigenvalue weighted by Gasteiger charge is -2.37. The zero-order chi connectivity index (χ0) is 32.4.